The van der Waals surface area contributed by atoms with Gasteiger partial charge in [-0.3, -0.25) is 9.59 Å². The van der Waals surface area contributed by atoms with Crippen LogP contribution >= 0.6 is 0 Å². The molecule has 0 aliphatic carbocycles. The maximum Gasteiger partial charge on any atom is 0.254 e. The van der Waals surface area contributed by atoms with E-state index in [1.807, 2.05) is 29.8 Å². The van der Waals surface area contributed by atoms with E-state index in [9.17, 15) is 9.59 Å². The normalized spacial score (nSPS) is 17.7. The van der Waals surface area contributed by atoms with Gasteiger partial charge in [-0.05, 0) is 25.0 Å². The van der Waals surface area contributed by atoms with Crippen LogP contribution in [-0.4, -0.2) is 38.9 Å². The van der Waals surface area contributed by atoms with Crippen LogP contribution in [0.2, 0.25) is 0 Å². The third-order valence-corrected chi connectivity index (χ3v) is 4.06. The van der Waals surface area contributed by atoms with Crippen molar-refractivity contribution in [1.29, 1.82) is 0 Å². The zero-order valence-corrected chi connectivity index (χ0v) is 12.4. The van der Waals surface area contributed by atoms with Crippen molar-refractivity contribution in [2.45, 2.75) is 18.9 Å². The van der Waals surface area contributed by atoms with Gasteiger partial charge in [-0.1, -0.05) is 12.1 Å². The quantitative estimate of drug-likeness (QED) is 0.923. The SMILES string of the molecule is Cn1cncc1-c1cccc(C(=O)N2CCC[C@H]2C(N)=O)c1. The van der Waals surface area contributed by atoms with Gasteiger partial charge < -0.3 is 15.2 Å². The van der Waals surface area contributed by atoms with E-state index in [0.717, 1.165) is 17.7 Å². The van der Waals surface area contributed by atoms with Crippen LogP contribution in [0.5, 0.6) is 0 Å². The highest BCUT2D eigenvalue weighted by Gasteiger charge is 2.33. The van der Waals surface area contributed by atoms with Gasteiger partial charge in [-0.2, -0.15) is 0 Å². The van der Waals surface area contributed by atoms with E-state index < -0.39 is 11.9 Å². The van der Waals surface area contributed by atoms with Crippen molar-refractivity contribution < 1.29 is 9.59 Å². The molecule has 114 valence electrons. The predicted octanol–water partition coefficient (Wildman–Crippen LogP) is 1.18. The lowest BCUT2D eigenvalue weighted by atomic mass is 10.1. The zero-order chi connectivity index (χ0) is 15.7. The maximum atomic E-state index is 12.7. The number of imidazole rings is 1. The van der Waals surface area contributed by atoms with Gasteiger partial charge in [0, 0.05) is 24.7 Å². The number of hydrogen-bond acceptors (Lipinski definition) is 3. The van der Waals surface area contributed by atoms with Gasteiger partial charge in [-0.15, -0.1) is 0 Å². The van der Waals surface area contributed by atoms with E-state index >= 15 is 0 Å². The Morgan fingerprint density at radius 1 is 1.36 bits per heavy atom. The van der Waals surface area contributed by atoms with Crippen molar-refractivity contribution in [1.82, 2.24) is 14.5 Å². The van der Waals surface area contributed by atoms with Gasteiger partial charge in [0.05, 0.1) is 18.2 Å². The summed E-state index contributed by atoms with van der Waals surface area (Å²) >= 11 is 0. The largest absolute Gasteiger partial charge is 0.368 e. The van der Waals surface area contributed by atoms with Crippen LogP contribution < -0.4 is 5.73 Å². The summed E-state index contributed by atoms with van der Waals surface area (Å²) in [4.78, 5) is 29.8. The lowest BCUT2D eigenvalue weighted by Gasteiger charge is -2.22. The van der Waals surface area contributed by atoms with Crippen LogP contribution in [0, 0.1) is 0 Å². The number of aromatic nitrogens is 2. The Bertz CT molecular complexity index is 722. The number of amides is 2. The second-order valence-electron chi connectivity index (χ2n) is 5.53. The van der Waals surface area contributed by atoms with Crippen LogP contribution in [0.4, 0.5) is 0 Å². The minimum Gasteiger partial charge on any atom is -0.368 e. The molecule has 0 saturated carbocycles. The number of aryl methyl sites for hydroxylation is 1. The summed E-state index contributed by atoms with van der Waals surface area (Å²) in [5, 5.41) is 0. The molecule has 0 bridgehead atoms. The summed E-state index contributed by atoms with van der Waals surface area (Å²) in [6.45, 7) is 0.572. The van der Waals surface area contributed by atoms with Crippen LogP contribution in [-0.2, 0) is 11.8 Å². The Balaban J connectivity index is 1.91. The lowest BCUT2D eigenvalue weighted by Crippen LogP contribution is -2.43. The molecular weight excluding hydrogens is 280 g/mol. The molecule has 1 aromatic heterocycles. The molecule has 1 aliphatic rings. The average Bonchev–Trinajstić information content (AvgIpc) is 3.15. The van der Waals surface area contributed by atoms with E-state index in [1.54, 1.807) is 23.5 Å². The van der Waals surface area contributed by atoms with E-state index in [1.165, 1.54) is 0 Å². The van der Waals surface area contributed by atoms with Gasteiger partial charge in [0.2, 0.25) is 5.91 Å². The highest BCUT2D eigenvalue weighted by molar-refractivity contribution is 5.98. The average molecular weight is 298 g/mol. The second kappa shape index (κ2) is 5.63. The Morgan fingerprint density at radius 2 is 2.18 bits per heavy atom. The Morgan fingerprint density at radius 3 is 2.86 bits per heavy atom. The zero-order valence-electron chi connectivity index (χ0n) is 12.4. The molecule has 6 heteroatoms. The molecule has 3 rings (SSSR count). The smallest absolute Gasteiger partial charge is 0.254 e. The van der Waals surface area contributed by atoms with Gasteiger partial charge in [0.1, 0.15) is 6.04 Å². The van der Waals surface area contributed by atoms with Crippen molar-refractivity contribution in [2.75, 3.05) is 6.54 Å². The molecule has 1 atom stereocenters. The molecule has 1 aromatic carbocycles. The predicted molar refractivity (Wildman–Crippen MR) is 81.9 cm³/mol. The maximum absolute atomic E-state index is 12.7. The summed E-state index contributed by atoms with van der Waals surface area (Å²) in [7, 11) is 1.90. The summed E-state index contributed by atoms with van der Waals surface area (Å²) in [6, 6.07) is 6.87. The van der Waals surface area contributed by atoms with Crippen LogP contribution in [0.15, 0.2) is 36.8 Å². The number of likely N-dealkylation sites (tertiary alicyclic amines) is 1. The Kier molecular flexibility index (Phi) is 3.66. The van der Waals surface area contributed by atoms with E-state index in [4.69, 9.17) is 5.73 Å². The molecular formula is C16H18N4O2. The number of benzene rings is 1. The molecule has 0 radical (unpaired) electrons. The minimum absolute atomic E-state index is 0.148. The van der Waals surface area contributed by atoms with Crippen LogP contribution in [0.3, 0.4) is 0 Å². The highest BCUT2D eigenvalue weighted by Crippen LogP contribution is 2.23. The number of carbonyl (C=O) groups is 2. The van der Waals surface area contributed by atoms with Crippen LogP contribution in [0.25, 0.3) is 11.3 Å². The van der Waals surface area contributed by atoms with Gasteiger partial charge >= 0.3 is 0 Å². The third-order valence-electron chi connectivity index (χ3n) is 4.06. The molecule has 0 spiro atoms. The van der Waals surface area contributed by atoms with Crippen molar-refractivity contribution in [3.63, 3.8) is 0 Å². The number of hydrogen-bond donors (Lipinski definition) is 1. The minimum atomic E-state index is -0.493. The fourth-order valence-electron chi connectivity index (χ4n) is 2.92. The molecule has 2 amide bonds. The number of nitrogens with zero attached hydrogens (tertiary/aromatic N) is 3. The van der Waals surface area contributed by atoms with Gasteiger partial charge in [-0.25, -0.2) is 4.98 Å². The highest BCUT2D eigenvalue weighted by atomic mass is 16.2. The molecule has 22 heavy (non-hydrogen) atoms. The Labute approximate surface area is 128 Å². The first-order chi connectivity index (χ1) is 10.6. The van der Waals surface area contributed by atoms with Crippen molar-refractivity contribution in [3.05, 3.63) is 42.4 Å². The molecule has 2 heterocycles. The van der Waals surface area contributed by atoms with Crippen molar-refractivity contribution >= 4 is 11.8 Å². The number of rotatable bonds is 3. The van der Waals surface area contributed by atoms with Crippen LogP contribution in [0.1, 0.15) is 23.2 Å². The molecule has 1 aliphatic heterocycles. The first kappa shape index (κ1) is 14.3. The monoisotopic (exact) mass is 298 g/mol. The Hall–Kier alpha value is -2.63. The van der Waals surface area contributed by atoms with Crippen molar-refractivity contribution in [2.24, 2.45) is 12.8 Å². The van der Waals surface area contributed by atoms with Crippen molar-refractivity contribution in [3.8, 4) is 11.3 Å². The number of nitrogens with two attached hydrogens (primary N) is 1. The first-order valence-corrected chi connectivity index (χ1v) is 7.25. The number of primary amides is 1. The topological polar surface area (TPSA) is 81.2 Å². The fourth-order valence-corrected chi connectivity index (χ4v) is 2.92. The molecule has 0 unspecified atom stereocenters. The third kappa shape index (κ3) is 2.47. The lowest BCUT2D eigenvalue weighted by molar-refractivity contribution is -0.121. The van der Waals surface area contributed by atoms with Gasteiger partial charge in [0.25, 0.3) is 5.91 Å². The fraction of sp³-hybridized carbons (Fsp3) is 0.312. The molecule has 1 saturated heterocycles. The first-order valence-electron chi connectivity index (χ1n) is 7.25. The standard InChI is InChI=1S/C16H18N4O2/c1-19-10-18-9-14(19)11-4-2-5-12(8-11)16(22)20-7-3-6-13(20)15(17)21/h2,4-5,8-10,13H,3,6-7H2,1H3,(H2,17,21)/t13-/m0/s1. The number of carbonyl (C=O) groups excluding carboxylic acids is 2. The summed E-state index contributed by atoms with van der Waals surface area (Å²) in [6.07, 6.45) is 4.92. The molecule has 2 N–H and O–H groups in total. The van der Waals surface area contributed by atoms with E-state index in [2.05, 4.69) is 4.98 Å². The summed E-state index contributed by atoms with van der Waals surface area (Å²) in [5.74, 6) is -0.584. The molecule has 6 nitrogen and oxygen atoms in total. The van der Waals surface area contributed by atoms with E-state index in [-0.39, 0.29) is 5.91 Å². The molecule has 1 fully saturated rings. The summed E-state index contributed by atoms with van der Waals surface area (Å²) in [5.41, 5.74) is 7.80. The van der Waals surface area contributed by atoms with Gasteiger partial charge in [0.15, 0.2) is 0 Å². The van der Waals surface area contributed by atoms with E-state index in [0.29, 0.717) is 18.5 Å². The summed E-state index contributed by atoms with van der Waals surface area (Å²) < 4.78 is 1.89. The molecule has 2 aromatic rings. The second-order valence-corrected chi connectivity index (χ2v) is 5.53.